The van der Waals surface area contributed by atoms with Gasteiger partial charge in [0, 0.05) is 12.2 Å². The van der Waals surface area contributed by atoms with E-state index in [0.717, 1.165) is 0 Å². The smallest absolute Gasteiger partial charge is 0.311 e. The number of likely N-dealkylation sites (N-methyl/N-ethyl adjacent to an activating group) is 1. The zero-order chi connectivity index (χ0) is 20.8. The van der Waals surface area contributed by atoms with Crippen molar-refractivity contribution in [1.29, 1.82) is 0 Å². The number of ether oxygens (including phenoxy) is 2. The Morgan fingerprint density at radius 2 is 1.50 bits per heavy atom. The van der Waals surface area contributed by atoms with Crippen LogP contribution >= 0.6 is 0 Å². The van der Waals surface area contributed by atoms with Crippen LogP contribution in [0.25, 0.3) is 0 Å². The molecule has 0 aliphatic rings. The average molecular weight is 396 g/mol. The predicted octanol–water partition coefficient (Wildman–Crippen LogP) is 1.16. The first kappa shape index (κ1) is 24.8. The summed E-state index contributed by atoms with van der Waals surface area (Å²) in [5.41, 5.74) is -1.66. The summed E-state index contributed by atoms with van der Waals surface area (Å²) in [6.45, 7) is 8.02. The third-order valence-corrected chi connectivity index (χ3v) is 5.05. The van der Waals surface area contributed by atoms with E-state index in [0.29, 0.717) is 17.6 Å². The molecular weight excluding hydrogens is 362 g/mol. The molecule has 0 aromatic carbocycles. The maximum absolute atomic E-state index is 12.4. The van der Waals surface area contributed by atoms with Gasteiger partial charge in [0.05, 0.1) is 48.7 Å². The van der Waals surface area contributed by atoms with E-state index >= 15 is 0 Å². The highest BCUT2D eigenvalue weighted by Crippen LogP contribution is 2.35. The van der Waals surface area contributed by atoms with E-state index in [1.54, 1.807) is 27.7 Å². The molecule has 0 spiro atoms. The molecule has 9 heteroatoms. The number of quaternary nitrogens is 1. The molecule has 0 bridgehead atoms. The van der Waals surface area contributed by atoms with Crippen molar-refractivity contribution in [3.63, 3.8) is 0 Å². The van der Waals surface area contributed by atoms with Crippen LogP contribution in [-0.4, -0.2) is 76.0 Å². The lowest BCUT2D eigenvalue weighted by Crippen LogP contribution is -2.44. The fourth-order valence-electron chi connectivity index (χ4n) is 2.89. The van der Waals surface area contributed by atoms with Crippen LogP contribution in [0.3, 0.4) is 0 Å². The summed E-state index contributed by atoms with van der Waals surface area (Å²) in [5, 5.41) is 0. The summed E-state index contributed by atoms with van der Waals surface area (Å²) < 4.78 is 42.5. The molecule has 0 unspecified atom stereocenters. The summed E-state index contributed by atoms with van der Waals surface area (Å²) in [5.74, 6) is -1.19. The highest BCUT2D eigenvalue weighted by atomic mass is 32.2. The molecule has 0 N–H and O–H groups in total. The number of hydrogen-bond donors (Lipinski definition) is 0. The van der Waals surface area contributed by atoms with Crippen molar-refractivity contribution in [2.45, 2.75) is 40.5 Å². The number of carbonyl (C=O) groups is 2. The minimum absolute atomic E-state index is 0.165. The van der Waals surface area contributed by atoms with Crippen LogP contribution < -0.4 is 0 Å². The van der Waals surface area contributed by atoms with Gasteiger partial charge in [-0.05, 0) is 34.1 Å². The molecule has 0 aliphatic heterocycles. The second kappa shape index (κ2) is 9.14. The SMILES string of the molecule is COC(=O)C(C)(C)CC(C)(C)C(=O)OCC[N+](C)(C)CCCS(=O)(=O)[O-]. The van der Waals surface area contributed by atoms with Gasteiger partial charge in [0.1, 0.15) is 13.2 Å². The summed E-state index contributed by atoms with van der Waals surface area (Å²) in [4.78, 5) is 24.2. The van der Waals surface area contributed by atoms with Gasteiger partial charge in [-0.15, -0.1) is 0 Å². The molecule has 154 valence electrons. The Labute approximate surface area is 157 Å². The van der Waals surface area contributed by atoms with E-state index in [4.69, 9.17) is 9.47 Å². The number of rotatable bonds is 11. The summed E-state index contributed by atoms with van der Waals surface area (Å²) in [7, 11) is 0.847. The van der Waals surface area contributed by atoms with E-state index in [1.165, 1.54) is 7.11 Å². The van der Waals surface area contributed by atoms with Crippen LogP contribution in [0.5, 0.6) is 0 Å². The molecule has 0 radical (unpaired) electrons. The van der Waals surface area contributed by atoms with E-state index in [1.807, 2.05) is 14.1 Å². The van der Waals surface area contributed by atoms with Gasteiger partial charge in [-0.25, -0.2) is 8.42 Å². The maximum atomic E-state index is 12.4. The first-order valence-electron chi connectivity index (χ1n) is 8.54. The molecule has 26 heavy (non-hydrogen) atoms. The molecule has 0 atom stereocenters. The minimum atomic E-state index is -4.21. The number of hydrogen-bond acceptors (Lipinski definition) is 7. The van der Waals surface area contributed by atoms with Crippen LogP contribution in [-0.2, 0) is 29.2 Å². The molecule has 0 saturated heterocycles. The highest BCUT2D eigenvalue weighted by Gasteiger charge is 2.40. The Hall–Kier alpha value is -1.19. The van der Waals surface area contributed by atoms with E-state index < -0.39 is 32.7 Å². The van der Waals surface area contributed by atoms with Crippen molar-refractivity contribution in [1.82, 2.24) is 0 Å². The molecule has 0 saturated carbocycles. The Kier molecular flexibility index (Phi) is 8.72. The highest BCUT2D eigenvalue weighted by molar-refractivity contribution is 7.85. The van der Waals surface area contributed by atoms with Gasteiger partial charge < -0.3 is 18.5 Å². The van der Waals surface area contributed by atoms with Crippen molar-refractivity contribution in [3.05, 3.63) is 0 Å². The quantitative estimate of drug-likeness (QED) is 0.293. The Morgan fingerprint density at radius 1 is 1.00 bits per heavy atom. The Morgan fingerprint density at radius 3 is 1.96 bits per heavy atom. The molecule has 0 amide bonds. The Bertz CT molecular complexity index is 594. The minimum Gasteiger partial charge on any atom is -0.748 e. The molecule has 0 aromatic heterocycles. The standard InChI is InChI=1S/C17H33NO7S/c1-16(2,14(19)24-7)13-17(3,4)15(20)25-11-10-18(5,6)9-8-12-26(21,22)23/h8-13H2,1-7H3. The zero-order valence-corrected chi connectivity index (χ0v) is 17.8. The lowest BCUT2D eigenvalue weighted by Gasteiger charge is -2.32. The first-order valence-corrected chi connectivity index (χ1v) is 10.1. The molecule has 0 aromatic rings. The van der Waals surface area contributed by atoms with Crippen LogP contribution in [0.15, 0.2) is 0 Å². The van der Waals surface area contributed by atoms with Crippen LogP contribution in [0, 0.1) is 10.8 Å². The van der Waals surface area contributed by atoms with Gasteiger partial charge in [0.2, 0.25) is 0 Å². The van der Waals surface area contributed by atoms with E-state index in [-0.39, 0.29) is 25.4 Å². The molecule has 0 fully saturated rings. The topological polar surface area (TPSA) is 110 Å². The lowest BCUT2D eigenvalue weighted by atomic mass is 9.75. The van der Waals surface area contributed by atoms with Gasteiger partial charge in [-0.2, -0.15) is 0 Å². The summed E-state index contributed by atoms with van der Waals surface area (Å²) >= 11 is 0. The number of nitrogens with zero attached hydrogens (tertiary/aromatic N) is 1. The van der Waals surface area contributed by atoms with Crippen molar-refractivity contribution in [2.75, 3.05) is 46.7 Å². The number of carbonyl (C=O) groups excluding carboxylic acids is 2. The summed E-state index contributed by atoms with van der Waals surface area (Å²) in [6.07, 6.45) is 0.538. The second-order valence-corrected chi connectivity index (χ2v) is 10.1. The number of methoxy groups -OCH3 is 1. The molecule has 0 aliphatic carbocycles. The lowest BCUT2D eigenvalue weighted by molar-refractivity contribution is -0.890. The van der Waals surface area contributed by atoms with Gasteiger partial charge >= 0.3 is 11.9 Å². The number of esters is 2. The first-order chi connectivity index (χ1) is 11.5. The fraction of sp³-hybridized carbons (Fsp3) is 0.882. The molecular formula is C17H33NO7S. The molecule has 0 rings (SSSR count). The van der Waals surface area contributed by atoms with Gasteiger partial charge in [0.25, 0.3) is 0 Å². The van der Waals surface area contributed by atoms with Gasteiger partial charge in [-0.1, -0.05) is 0 Å². The van der Waals surface area contributed by atoms with E-state index in [9.17, 15) is 22.6 Å². The monoisotopic (exact) mass is 395 g/mol. The predicted molar refractivity (Wildman–Crippen MR) is 96.2 cm³/mol. The van der Waals surface area contributed by atoms with E-state index in [2.05, 4.69) is 0 Å². The van der Waals surface area contributed by atoms with Gasteiger partial charge in [0.15, 0.2) is 0 Å². The second-order valence-electron chi connectivity index (χ2n) is 8.57. The largest absolute Gasteiger partial charge is 0.748 e. The van der Waals surface area contributed by atoms with Crippen molar-refractivity contribution in [2.24, 2.45) is 10.8 Å². The van der Waals surface area contributed by atoms with Crippen molar-refractivity contribution in [3.8, 4) is 0 Å². The van der Waals surface area contributed by atoms with Crippen LogP contribution in [0.1, 0.15) is 40.5 Å². The average Bonchev–Trinajstić information content (AvgIpc) is 2.43. The van der Waals surface area contributed by atoms with Gasteiger partial charge in [-0.3, -0.25) is 9.59 Å². The summed E-state index contributed by atoms with van der Waals surface area (Å²) in [6, 6.07) is 0. The molecule has 0 heterocycles. The molecule has 8 nitrogen and oxygen atoms in total. The van der Waals surface area contributed by atoms with Crippen LogP contribution in [0.4, 0.5) is 0 Å². The van der Waals surface area contributed by atoms with Crippen molar-refractivity contribution >= 4 is 22.1 Å². The third kappa shape index (κ3) is 9.49. The normalized spacial score (nSPS) is 13.4. The maximum Gasteiger partial charge on any atom is 0.311 e. The Balaban J connectivity index is 4.52. The van der Waals surface area contributed by atoms with Crippen LogP contribution in [0.2, 0.25) is 0 Å². The fourth-order valence-corrected chi connectivity index (χ4v) is 3.37. The van der Waals surface area contributed by atoms with Crippen molar-refractivity contribution < 1.29 is 36.5 Å². The zero-order valence-electron chi connectivity index (χ0n) is 17.0. The third-order valence-electron chi connectivity index (χ3n) is 4.26.